The number of hydrogen-bond donors (Lipinski definition) is 2. The molecule has 0 radical (unpaired) electrons. The summed E-state index contributed by atoms with van der Waals surface area (Å²) in [4.78, 5) is 35.4. The fourth-order valence-electron chi connectivity index (χ4n) is 2.53. The molecule has 0 aromatic carbocycles. The van der Waals surface area contributed by atoms with Gasteiger partial charge < -0.3 is 15.3 Å². The van der Waals surface area contributed by atoms with E-state index in [1.807, 2.05) is 20.2 Å². The van der Waals surface area contributed by atoms with Gasteiger partial charge in [0, 0.05) is 5.75 Å². The van der Waals surface area contributed by atoms with Crippen LogP contribution in [0.5, 0.6) is 0 Å². The summed E-state index contributed by atoms with van der Waals surface area (Å²) in [6.45, 7) is 0.748. The van der Waals surface area contributed by atoms with Crippen molar-refractivity contribution >= 4 is 29.5 Å². The molecule has 2 rings (SSSR count). The molecule has 2 heterocycles. The molecule has 0 unspecified atom stereocenters. The van der Waals surface area contributed by atoms with Crippen molar-refractivity contribution < 1.29 is 24.0 Å². The molecule has 7 nitrogen and oxygen atoms in total. The van der Waals surface area contributed by atoms with E-state index in [4.69, 9.17) is 5.73 Å². The number of likely N-dealkylation sites (N-methyl/N-ethyl adjacent to an activating group) is 1. The molecule has 0 aromatic heterocycles. The van der Waals surface area contributed by atoms with Gasteiger partial charge >= 0.3 is 5.97 Å². The van der Waals surface area contributed by atoms with E-state index in [9.17, 15) is 19.5 Å². The second-order valence-corrected chi connectivity index (χ2v) is 7.22. The number of amides is 2. The number of carbonyl (C=O) groups excluding carboxylic acids is 2. The first kappa shape index (κ1) is 16.6. The summed E-state index contributed by atoms with van der Waals surface area (Å²) < 4.78 is 0.389. The van der Waals surface area contributed by atoms with Gasteiger partial charge in [0.1, 0.15) is 5.70 Å². The van der Waals surface area contributed by atoms with Crippen LogP contribution in [-0.4, -0.2) is 70.6 Å². The van der Waals surface area contributed by atoms with Crippen molar-refractivity contribution in [3.63, 3.8) is 0 Å². The van der Waals surface area contributed by atoms with Gasteiger partial charge in [0.15, 0.2) is 6.54 Å². The van der Waals surface area contributed by atoms with Crippen LogP contribution in [0.1, 0.15) is 6.42 Å². The van der Waals surface area contributed by atoms with Gasteiger partial charge in [-0.15, -0.1) is 11.8 Å². The van der Waals surface area contributed by atoms with Crippen molar-refractivity contribution in [2.24, 2.45) is 5.73 Å². The zero-order chi connectivity index (χ0) is 16.5. The predicted octanol–water partition coefficient (Wildman–Crippen LogP) is -0.252. The summed E-state index contributed by atoms with van der Waals surface area (Å²) in [6.07, 6.45) is 3.96. The average molecular weight is 326 g/mol. The Kier molecular flexibility index (Phi) is 4.62. The highest BCUT2D eigenvalue weighted by Crippen LogP contribution is 2.40. The van der Waals surface area contributed by atoms with Crippen molar-refractivity contribution in [2.45, 2.75) is 11.8 Å². The smallest absolute Gasteiger partial charge is 0.352 e. The molecule has 3 N–H and O–H groups in total. The number of β-lactam (4-membered cyclic amide) rings is 1. The molecule has 8 heteroatoms. The third-order valence-corrected chi connectivity index (χ3v) is 4.83. The molecule has 2 aliphatic heterocycles. The van der Waals surface area contributed by atoms with E-state index in [0.717, 1.165) is 0 Å². The van der Waals surface area contributed by atoms with Gasteiger partial charge in [0.25, 0.3) is 5.91 Å². The summed E-state index contributed by atoms with van der Waals surface area (Å²) in [5.74, 6) is -1.05. The highest BCUT2D eigenvalue weighted by Gasteiger charge is 2.44. The quantitative estimate of drug-likeness (QED) is 0.518. The van der Waals surface area contributed by atoms with Crippen molar-refractivity contribution in [3.8, 4) is 0 Å². The number of nitrogens with two attached hydrogens (primary N) is 1. The molecule has 0 bridgehead atoms. The molecule has 1 saturated heterocycles. The Balaban J connectivity index is 2.14. The number of fused-ring (bicyclic) bond motifs is 1. The summed E-state index contributed by atoms with van der Waals surface area (Å²) in [5.41, 5.74) is 5.90. The molecule has 22 heavy (non-hydrogen) atoms. The van der Waals surface area contributed by atoms with E-state index in [2.05, 4.69) is 0 Å². The van der Waals surface area contributed by atoms with E-state index in [1.54, 1.807) is 17.8 Å². The van der Waals surface area contributed by atoms with E-state index in [0.29, 0.717) is 28.8 Å². The summed E-state index contributed by atoms with van der Waals surface area (Å²) in [6, 6.07) is 0. The monoisotopic (exact) mass is 326 g/mol. The lowest BCUT2D eigenvalue weighted by atomic mass is 10.1. The summed E-state index contributed by atoms with van der Waals surface area (Å²) in [5, 5.41) is 9.32. The molecule has 1 atom stereocenters. The molecular formula is C14H20N3O4S+. The van der Waals surface area contributed by atoms with Crippen LogP contribution in [0.3, 0.4) is 0 Å². The minimum Gasteiger partial charge on any atom is -0.477 e. The Morgan fingerprint density at radius 2 is 2.18 bits per heavy atom. The highest BCUT2D eigenvalue weighted by molar-refractivity contribution is 8.00. The minimum absolute atomic E-state index is 0.0437. The van der Waals surface area contributed by atoms with E-state index >= 15 is 0 Å². The maximum absolute atomic E-state index is 11.6. The normalized spacial score (nSPS) is 21.8. The van der Waals surface area contributed by atoms with Gasteiger partial charge in [-0.1, -0.05) is 6.08 Å². The fraction of sp³-hybridized carbons (Fsp3) is 0.500. The van der Waals surface area contributed by atoms with Gasteiger partial charge in [0.05, 0.1) is 32.4 Å². The van der Waals surface area contributed by atoms with Crippen molar-refractivity contribution in [1.82, 2.24) is 4.90 Å². The third kappa shape index (κ3) is 3.50. The molecular weight excluding hydrogens is 306 g/mol. The lowest BCUT2D eigenvalue weighted by Gasteiger charge is -2.43. The van der Waals surface area contributed by atoms with Crippen LogP contribution in [0.25, 0.3) is 0 Å². The first-order valence-corrected chi connectivity index (χ1v) is 7.93. The number of rotatable bonds is 6. The largest absolute Gasteiger partial charge is 0.477 e. The molecule has 0 spiro atoms. The predicted molar refractivity (Wildman–Crippen MR) is 82.5 cm³/mol. The number of quaternary nitrogens is 1. The van der Waals surface area contributed by atoms with E-state index < -0.39 is 5.97 Å². The van der Waals surface area contributed by atoms with Crippen LogP contribution in [-0.2, 0) is 14.4 Å². The Bertz CT molecular complexity index is 583. The van der Waals surface area contributed by atoms with E-state index in [1.165, 1.54) is 4.90 Å². The highest BCUT2D eigenvalue weighted by atomic mass is 32.2. The SMILES string of the molecule is C[N+](C)(C/C=C/C1=C(C(=O)O)N2C(=O)C[C@@H]2SC1)CC(N)=O. The Labute approximate surface area is 133 Å². The number of allylic oxidation sites excluding steroid dienone is 1. The lowest BCUT2D eigenvalue weighted by Crippen LogP contribution is -2.53. The standard InChI is InChI=1S/C14H19N3O4S/c1-17(2,7-10(15)18)5-3-4-9-8-22-12-6-11(19)16(12)13(9)14(20)21/h3-4,12H,5-8H2,1-2H3,(H2-,15,18,20,21)/p+1/b4-3+/t12-/m0/s1. The maximum Gasteiger partial charge on any atom is 0.352 e. The van der Waals surface area contributed by atoms with Gasteiger partial charge in [-0.05, 0) is 11.6 Å². The summed E-state index contributed by atoms with van der Waals surface area (Å²) >= 11 is 1.57. The fourth-order valence-corrected chi connectivity index (χ4v) is 3.77. The number of carboxylic acids is 1. The Morgan fingerprint density at radius 1 is 1.50 bits per heavy atom. The van der Waals surface area contributed by atoms with Crippen LogP contribution < -0.4 is 5.73 Å². The molecule has 2 aliphatic rings. The van der Waals surface area contributed by atoms with E-state index in [-0.39, 0.29) is 29.4 Å². The lowest BCUT2D eigenvalue weighted by molar-refractivity contribution is -0.876. The number of hydrogen-bond acceptors (Lipinski definition) is 4. The van der Waals surface area contributed by atoms with Crippen molar-refractivity contribution in [1.29, 1.82) is 0 Å². The molecule has 0 aromatic rings. The van der Waals surface area contributed by atoms with Crippen LogP contribution in [0.4, 0.5) is 0 Å². The number of carboxylic acid groups (broad SMARTS) is 1. The third-order valence-electron chi connectivity index (χ3n) is 3.59. The number of primary amides is 1. The van der Waals surface area contributed by atoms with Gasteiger partial charge in [-0.2, -0.15) is 0 Å². The molecule has 1 fully saturated rings. The van der Waals surface area contributed by atoms with Gasteiger partial charge in [-0.3, -0.25) is 14.5 Å². The molecule has 120 valence electrons. The van der Waals surface area contributed by atoms with Gasteiger partial charge in [0.2, 0.25) is 5.91 Å². The second kappa shape index (κ2) is 6.13. The number of nitrogens with zero attached hydrogens (tertiary/aromatic N) is 2. The summed E-state index contributed by atoms with van der Waals surface area (Å²) in [7, 11) is 3.73. The second-order valence-electron chi connectivity index (χ2n) is 6.06. The number of thioether (sulfide) groups is 1. The molecule has 2 amide bonds. The van der Waals surface area contributed by atoms with Crippen LogP contribution in [0, 0.1) is 0 Å². The maximum atomic E-state index is 11.6. The van der Waals surface area contributed by atoms with Crippen LogP contribution in [0.2, 0.25) is 0 Å². The minimum atomic E-state index is -1.08. The molecule has 0 saturated carbocycles. The van der Waals surface area contributed by atoms with Crippen LogP contribution in [0.15, 0.2) is 23.4 Å². The van der Waals surface area contributed by atoms with Crippen LogP contribution >= 0.6 is 11.8 Å². The van der Waals surface area contributed by atoms with Gasteiger partial charge in [-0.25, -0.2) is 4.79 Å². The zero-order valence-corrected chi connectivity index (χ0v) is 13.4. The molecule has 0 aliphatic carbocycles. The first-order valence-electron chi connectivity index (χ1n) is 6.88. The Hall–Kier alpha value is -1.80. The Morgan fingerprint density at radius 3 is 2.73 bits per heavy atom. The van der Waals surface area contributed by atoms with Crippen molar-refractivity contribution in [3.05, 3.63) is 23.4 Å². The topological polar surface area (TPSA) is 101 Å². The zero-order valence-electron chi connectivity index (χ0n) is 12.6. The number of aliphatic carboxylic acids is 1. The average Bonchev–Trinajstić information content (AvgIpc) is 2.36. The van der Waals surface area contributed by atoms with Crippen molar-refractivity contribution in [2.75, 3.05) is 32.9 Å². The first-order chi connectivity index (χ1) is 10.2. The number of carbonyl (C=O) groups is 3.